The molecule has 0 spiro atoms. The van der Waals surface area contributed by atoms with Gasteiger partial charge in [0.2, 0.25) is 27.5 Å². The zero-order valence-corrected chi connectivity index (χ0v) is 61.6. The molecule has 0 aliphatic carbocycles. The van der Waals surface area contributed by atoms with E-state index in [0.717, 1.165) is 27.2 Å². The van der Waals surface area contributed by atoms with Crippen LogP contribution in [0.3, 0.4) is 0 Å². The molecule has 6 atom stereocenters. The van der Waals surface area contributed by atoms with Gasteiger partial charge in [0, 0.05) is 90.1 Å². The average Bonchev–Trinajstić information content (AvgIpc) is 1.57. The van der Waals surface area contributed by atoms with Crippen molar-refractivity contribution in [3.8, 4) is 17.6 Å². The Kier molecular flexibility index (Phi) is 30.0. The van der Waals surface area contributed by atoms with Gasteiger partial charge < -0.3 is 74.6 Å². The van der Waals surface area contributed by atoms with Crippen LogP contribution in [0.2, 0.25) is 0 Å². The summed E-state index contributed by atoms with van der Waals surface area (Å²) in [6.45, 7) is 9.90. The molecule has 42 heteroatoms. The van der Waals surface area contributed by atoms with Crippen LogP contribution in [-0.2, 0) is 91.1 Å². The maximum Gasteiger partial charge on any atom is 0.490 e. The zero-order chi connectivity index (χ0) is 77.0. The first-order valence-electron chi connectivity index (χ1n) is 32.0. The number of phosphoric acid groups is 3. The highest BCUT2D eigenvalue weighted by Gasteiger charge is 2.46. The number of hydrogen-bond acceptors (Lipinski definition) is 24. The Morgan fingerprint density at radius 2 is 1.68 bits per heavy atom. The van der Waals surface area contributed by atoms with E-state index in [4.69, 9.17) is 53.6 Å². The number of nitrogen functional groups attached to an aromatic ring is 1. The second kappa shape index (κ2) is 37.4. The lowest BCUT2D eigenvalue weighted by Gasteiger charge is -2.27. The Bertz CT molecular complexity index is 4550. The van der Waals surface area contributed by atoms with Gasteiger partial charge in [0.25, 0.3) is 16.0 Å². The Balaban J connectivity index is 0.842. The summed E-state index contributed by atoms with van der Waals surface area (Å²) in [5, 5.41) is 17.2. The predicted octanol–water partition coefficient (Wildman–Crippen LogP) is 4.64. The third kappa shape index (κ3) is 25.3. The number of sulfonamides is 1. The van der Waals surface area contributed by atoms with Crippen molar-refractivity contribution in [3.05, 3.63) is 165 Å². The monoisotopic (exact) mass is 1560 g/mol. The third-order valence-corrected chi connectivity index (χ3v) is 21.5. The van der Waals surface area contributed by atoms with E-state index in [2.05, 4.69) is 82.5 Å². The van der Waals surface area contributed by atoms with Crippen LogP contribution < -0.4 is 42.1 Å². The molecule has 105 heavy (non-hydrogen) atoms. The SMILES string of the molecule is C=CCOCOC1C[C@H](n2cc(C#CCNC(=O)COCCOC(COc3cccc(C(=O)NCCNC(=O)CCN4\C(=C/C=C/C=C/C5=[N+](CCCCS(=O)(=O)O)c6ccccc6C5(C)C)C(C)(C)c5cc(S(N)(=O)=O)ccc54)c3)N=[N+]=[N-])c(N)nc2=O)O[C@@H]1COP(=O)(O)OP(=O)(O)OP(=O)(O)O. The molecule has 4 aromatic rings. The molecule has 3 aromatic carbocycles. The zero-order valence-electron chi connectivity index (χ0n) is 57.3. The molecule has 4 heterocycles. The summed E-state index contributed by atoms with van der Waals surface area (Å²) in [6.07, 6.45) is 7.99. The minimum atomic E-state index is -5.84. The number of ether oxygens (including phenoxy) is 6. The number of hydrogen-bond donors (Lipinski definition) is 10. The number of allylic oxidation sites excluding steroid dienone is 6. The first-order valence-corrected chi connectivity index (χ1v) is 39.7. The standard InChI is InChI=1S/C63H81N12O25P3S2/c1-6-31-93-42-96-51-37-58(98-52(51)39-97-102(83,84)100-103(85,86)99-101(80,81)82)75-38-44(59(64)70-61(75)79)17-15-26-67-56(77)40-92-32-33-94-57(71-72-65)41-95-45-18-14-16-43(35-45)60(78)69-28-27-68-55(76)25-30-74-50-24-23-46(105(66,90)91)36-48(50)63(4,5)54(74)22-9-7-8-21-53-62(2,3)47-19-10-11-20-49(47)73(53)29-12-13-34-104(87,88)89/h6-11,14,16,18-24,35-36,38,51-52,57-58H,1,12-13,25-34,37,39-42H2,2-5H3,(H11-,64,66,67,68,69,70,76,77,78,79,80,81,82,83,84,85,86,87,88,89,90,91)/p+1/t51?,52-,57?,58-/m1/s1. The normalized spacial score (nSPS) is 18.7. The number of anilines is 2. The lowest BCUT2D eigenvalue weighted by atomic mass is 9.81. The van der Waals surface area contributed by atoms with Gasteiger partial charge in [0.15, 0.2) is 11.9 Å². The van der Waals surface area contributed by atoms with Crippen LogP contribution in [0, 0.1) is 11.8 Å². The highest BCUT2D eigenvalue weighted by atomic mass is 32.2. The second-order valence-electron chi connectivity index (χ2n) is 24.3. The van der Waals surface area contributed by atoms with E-state index in [1.807, 2.05) is 67.3 Å². The van der Waals surface area contributed by atoms with E-state index >= 15 is 0 Å². The van der Waals surface area contributed by atoms with Gasteiger partial charge >= 0.3 is 29.2 Å². The number of amides is 3. The molecule has 1 saturated heterocycles. The molecule has 3 aliphatic heterocycles. The molecular weight excluding hydrogens is 1480 g/mol. The average molecular weight is 1560 g/mol. The number of phosphoric ester groups is 1. The van der Waals surface area contributed by atoms with E-state index in [1.165, 1.54) is 30.5 Å². The van der Waals surface area contributed by atoms with E-state index in [0.29, 0.717) is 24.2 Å². The molecule has 1 aromatic heterocycles. The van der Waals surface area contributed by atoms with Gasteiger partial charge in [-0.2, -0.15) is 26.6 Å². The first-order chi connectivity index (χ1) is 49.4. The number of nitrogens with two attached hydrogens (primary N) is 2. The summed E-state index contributed by atoms with van der Waals surface area (Å²) < 4.78 is 141. The van der Waals surface area contributed by atoms with E-state index in [-0.39, 0.29) is 123 Å². The van der Waals surface area contributed by atoms with Crippen molar-refractivity contribution in [1.29, 1.82) is 0 Å². The molecule has 7 rings (SSSR count). The minimum absolute atomic E-state index is 0.00471. The van der Waals surface area contributed by atoms with Crippen LogP contribution in [0.1, 0.15) is 86.7 Å². The van der Waals surface area contributed by atoms with Gasteiger partial charge in [-0.25, -0.2) is 32.0 Å². The van der Waals surface area contributed by atoms with Crippen LogP contribution in [0.4, 0.5) is 17.2 Å². The molecule has 3 amide bonds. The van der Waals surface area contributed by atoms with Crippen molar-refractivity contribution in [1.82, 2.24) is 25.5 Å². The van der Waals surface area contributed by atoms with Crippen LogP contribution >= 0.6 is 23.5 Å². The first kappa shape index (κ1) is 84.1. The molecule has 0 bridgehead atoms. The third-order valence-electron chi connectivity index (χ3n) is 16.0. The van der Waals surface area contributed by atoms with Gasteiger partial charge in [-0.05, 0) is 73.8 Å². The highest BCUT2D eigenvalue weighted by Crippen LogP contribution is 2.66. The number of rotatable bonds is 40. The Morgan fingerprint density at radius 1 is 0.924 bits per heavy atom. The molecule has 4 unspecified atom stereocenters. The van der Waals surface area contributed by atoms with Crippen LogP contribution in [0.25, 0.3) is 10.4 Å². The van der Waals surface area contributed by atoms with Crippen molar-refractivity contribution in [2.24, 2.45) is 10.3 Å². The molecular formula is C63H82N12O25P3S2+. The second-order valence-corrected chi connectivity index (χ2v) is 31.8. The summed E-state index contributed by atoms with van der Waals surface area (Å²) in [5.74, 6) is 3.48. The summed E-state index contributed by atoms with van der Waals surface area (Å²) in [6, 6.07) is 18.7. The van der Waals surface area contributed by atoms with E-state index in [9.17, 15) is 69.6 Å². The van der Waals surface area contributed by atoms with Gasteiger partial charge in [-0.1, -0.05) is 79.4 Å². The summed E-state index contributed by atoms with van der Waals surface area (Å²) in [7, 11) is -25.2. The quantitative estimate of drug-likeness (QED) is 0.00248. The van der Waals surface area contributed by atoms with Crippen LogP contribution in [0.5, 0.6) is 5.75 Å². The lowest BCUT2D eigenvalue weighted by Crippen LogP contribution is -2.36. The largest absolute Gasteiger partial charge is 0.491 e. The number of para-hydroxylation sites is 1. The minimum Gasteiger partial charge on any atom is -0.491 e. The number of unbranched alkanes of at least 4 members (excludes halogenated alkanes) is 1. The molecule has 12 N–H and O–H groups in total. The Labute approximate surface area is 604 Å². The number of nitrogens with zero attached hydrogens (tertiary/aromatic N) is 7. The number of aromatic nitrogens is 2. The summed E-state index contributed by atoms with van der Waals surface area (Å²) >= 11 is 0. The number of benzene rings is 3. The van der Waals surface area contributed by atoms with Gasteiger partial charge in [0.1, 0.15) is 50.5 Å². The number of fused-ring (bicyclic) bond motifs is 2. The van der Waals surface area contributed by atoms with Crippen LogP contribution in [0.15, 0.2) is 136 Å². The number of carbonyl (C=O) groups is 3. The lowest BCUT2D eigenvalue weighted by molar-refractivity contribution is -0.438. The molecule has 37 nitrogen and oxygen atoms in total. The molecule has 570 valence electrons. The fourth-order valence-corrected chi connectivity index (χ4v) is 15.3. The van der Waals surface area contributed by atoms with Crippen molar-refractivity contribution in [3.63, 3.8) is 0 Å². The van der Waals surface area contributed by atoms with Crippen molar-refractivity contribution in [2.45, 2.75) is 93.8 Å². The Morgan fingerprint density at radius 3 is 2.40 bits per heavy atom. The summed E-state index contributed by atoms with van der Waals surface area (Å²) in [4.78, 5) is 97.8. The maximum absolute atomic E-state index is 13.4. The number of nitrogens with one attached hydrogen (secondary N) is 3. The number of azide groups is 1. The van der Waals surface area contributed by atoms with E-state index < -0.39 is 104 Å². The molecule has 0 radical (unpaired) electrons. The van der Waals surface area contributed by atoms with Gasteiger partial charge in [-0.15, -0.1) is 6.58 Å². The number of carbonyl (C=O) groups excluding carboxylic acids is 3. The van der Waals surface area contributed by atoms with Gasteiger partial charge in [-0.3, -0.25) is 28.0 Å². The Hall–Kier alpha value is -8.12. The predicted molar refractivity (Wildman–Crippen MR) is 378 cm³/mol. The molecule has 3 aliphatic rings. The fourth-order valence-electron chi connectivity index (χ4n) is 11.2. The van der Waals surface area contributed by atoms with E-state index in [1.54, 1.807) is 24.3 Å². The maximum atomic E-state index is 13.4. The molecule has 1 fully saturated rings. The van der Waals surface area contributed by atoms with Crippen LogP contribution in [-0.4, -0.2) is 182 Å². The van der Waals surface area contributed by atoms with Gasteiger partial charge in [0.05, 0.1) is 60.7 Å². The smallest absolute Gasteiger partial charge is 0.490 e. The highest BCUT2D eigenvalue weighted by molar-refractivity contribution is 7.89. The van der Waals surface area contributed by atoms with Crippen molar-refractivity contribution in [2.75, 3.05) is 95.5 Å². The number of primary sulfonamides is 1. The van der Waals surface area contributed by atoms with Crippen molar-refractivity contribution < 1.29 is 115 Å². The summed E-state index contributed by atoms with van der Waals surface area (Å²) in [5.41, 5.74) is 18.6. The van der Waals surface area contributed by atoms with Crippen molar-refractivity contribution >= 4 is 84.2 Å². The molecule has 0 saturated carbocycles. The fraction of sp³-hybridized carbons (Fsp3) is 0.429. The topological polar surface area (TPSA) is 533 Å².